The Morgan fingerprint density at radius 2 is 0.745 bits per heavy atom. The number of H-pyrrole nitrogens is 1. The van der Waals surface area contributed by atoms with E-state index >= 15 is 0 Å². The first-order chi connectivity index (χ1) is 25.3. The van der Waals surface area contributed by atoms with Crippen LogP contribution in [0, 0.1) is 0 Å². The molecule has 0 amide bonds. The quantitative estimate of drug-likeness (QED) is 0.186. The largest absolute Gasteiger partial charge is 0.338 e. The van der Waals surface area contributed by atoms with Gasteiger partial charge in [0.1, 0.15) is 5.82 Å². The van der Waals surface area contributed by atoms with Gasteiger partial charge in [-0.25, -0.2) is 4.98 Å². The highest BCUT2D eigenvalue weighted by Gasteiger charge is 2.16. The zero-order valence-electron chi connectivity index (χ0n) is 27.7. The highest BCUT2D eigenvalue weighted by molar-refractivity contribution is 5.92. The molecule has 0 unspecified atom stereocenters. The lowest BCUT2D eigenvalue weighted by Gasteiger charge is -2.16. The molecule has 4 heteroatoms. The van der Waals surface area contributed by atoms with Crippen molar-refractivity contribution in [3.8, 4) is 78.4 Å². The normalized spacial score (nSPS) is 11.1. The Balaban J connectivity index is 1.18. The van der Waals surface area contributed by atoms with Crippen LogP contribution >= 0.6 is 0 Å². The molecule has 0 spiro atoms. The number of hydrogen-bond donors (Lipinski definition) is 1. The molecule has 0 bridgehead atoms. The first-order valence-corrected chi connectivity index (χ1v) is 17.1. The van der Waals surface area contributed by atoms with Gasteiger partial charge in [-0.05, 0) is 99.1 Å². The number of fused-ring (bicyclic) bond motifs is 1. The van der Waals surface area contributed by atoms with E-state index in [1.807, 2.05) is 67.0 Å². The summed E-state index contributed by atoms with van der Waals surface area (Å²) in [5.74, 6) is 0.841. The van der Waals surface area contributed by atoms with Crippen molar-refractivity contribution in [1.29, 1.82) is 0 Å². The summed E-state index contributed by atoms with van der Waals surface area (Å²) in [7, 11) is 0. The van der Waals surface area contributed by atoms with Gasteiger partial charge in [0.25, 0.3) is 0 Å². The fourth-order valence-corrected chi connectivity index (χ4v) is 6.85. The molecule has 0 saturated carbocycles. The number of imidazole rings is 1. The molecule has 1 N–H and O–H groups in total. The fraction of sp³-hybridized carbons (Fsp3) is 0. The van der Waals surface area contributed by atoms with Crippen LogP contribution in [0.4, 0.5) is 0 Å². The predicted octanol–water partition coefficient (Wildman–Crippen LogP) is 12.0. The number of rotatable bonds is 7. The molecule has 0 fully saturated rings. The highest BCUT2D eigenvalue weighted by Crippen LogP contribution is 2.40. The van der Waals surface area contributed by atoms with E-state index in [1.54, 1.807) is 0 Å². The van der Waals surface area contributed by atoms with Crippen LogP contribution < -0.4 is 0 Å². The molecule has 9 rings (SSSR count). The van der Waals surface area contributed by atoms with Crippen molar-refractivity contribution in [2.24, 2.45) is 0 Å². The zero-order chi connectivity index (χ0) is 34.0. The molecule has 240 valence electrons. The van der Waals surface area contributed by atoms with Crippen LogP contribution in [0.25, 0.3) is 89.4 Å². The molecule has 0 saturated heterocycles. The van der Waals surface area contributed by atoms with Crippen LogP contribution in [0.1, 0.15) is 0 Å². The van der Waals surface area contributed by atoms with Gasteiger partial charge in [-0.1, -0.05) is 121 Å². The van der Waals surface area contributed by atoms with E-state index in [0.717, 1.165) is 89.4 Å². The van der Waals surface area contributed by atoms with Crippen molar-refractivity contribution in [2.45, 2.75) is 0 Å². The van der Waals surface area contributed by atoms with Gasteiger partial charge in [0.15, 0.2) is 0 Å². The molecule has 4 nitrogen and oxygen atoms in total. The summed E-state index contributed by atoms with van der Waals surface area (Å²) < 4.78 is 0. The van der Waals surface area contributed by atoms with Crippen molar-refractivity contribution in [2.75, 3.05) is 0 Å². The molecule has 0 aliphatic carbocycles. The van der Waals surface area contributed by atoms with Crippen molar-refractivity contribution < 1.29 is 0 Å². The summed E-state index contributed by atoms with van der Waals surface area (Å²) in [5, 5.41) is 0. The number of para-hydroxylation sites is 2. The second kappa shape index (κ2) is 13.2. The SMILES string of the molecule is c1ccc(-c2ccc(-c3ccccc3-c3cc(-c4nc5ccccc5[nH]4)cc(-c4ccccc4-c4ccc(-c5ccccn5)cc4)c3)cc2)nc1. The minimum absolute atomic E-state index is 0.841. The molecule has 0 radical (unpaired) electrons. The highest BCUT2D eigenvalue weighted by atomic mass is 14.9. The van der Waals surface area contributed by atoms with E-state index in [0.29, 0.717) is 0 Å². The smallest absolute Gasteiger partial charge is 0.138 e. The van der Waals surface area contributed by atoms with Gasteiger partial charge in [-0.2, -0.15) is 0 Å². The van der Waals surface area contributed by atoms with Crippen LogP contribution in [0.2, 0.25) is 0 Å². The summed E-state index contributed by atoms with van der Waals surface area (Å²) in [6.45, 7) is 0. The minimum Gasteiger partial charge on any atom is -0.338 e. The maximum atomic E-state index is 5.02. The first kappa shape index (κ1) is 30.2. The van der Waals surface area contributed by atoms with Gasteiger partial charge in [0, 0.05) is 29.1 Å². The Hall–Kier alpha value is -6.91. The zero-order valence-corrected chi connectivity index (χ0v) is 27.7. The Bertz CT molecular complexity index is 2430. The van der Waals surface area contributed by atoms with Gasteiger partial charge in [0.2, 0.25) is 0 Å². The third kappa shape index (κ3) is 6.00. The molecule has 0 aliphatic heterocycles. The van der Waals surface area contributed by atoms with E-state index in [1.165, 1.54) is 0 Å². The molecular formula is C47H32N4. The summed E-state index contributed by atoms with van der Waals surface area (Å²) in [5.41, 5.74) is 16.3. The van der Waals surface area contributed by atoms with Crippen LogP contribution in [0.3, 0.4) is 0 Å². The molecule has 9 aromatic rings. The van der Waals surface area contributed by atoms with E-state index < -0.39 is 0 Å². The second-order valence-electron chi connectivity index (χ2n) is 12.6. The topological polar surface area (TPSA) is 54.5 Å². The molecular weight excluding hydrogens is 621 g/mol. The van der Waals surface area contributed by atoms with E-state index in [4.69, 9.17) is 4.98 Å². The summed E-state index contributed by atoms with van der Waals surface area (Å²) in [4.78, 5) is 17.7. The molecule has 0 aliphatic rings. The molecule has 3 aromatic heterocycles. The minimum atomic E-state index is 0.841. The molecule has 51 heavy (non-hydrogen) atoms. The van der Waals surface area contributed by atoms with E-state index in [2.05, 4.69) is 136 Å². The lowest BCUT2D eigenvalue weighted by atomic mass is 9.88. The standard InChI is InChI=1S/C47H32N4/c1-3-13-41(39(11-1)32-19-23-34(24-20-32)43-15-7-9-27-48-43)36-29-37(31-38(30-36)47-50-45-17-5-6-18-46(45)51-47)42-14-4-2-12-40(42)33-21-25-35(26-22-33)44-16-8-10-28-49-44/h1-31H,(H,50,51). The maximum absolute atomic E-state index is 5.02. The van der Waals surface area contributed by atoms with Gasteiger partial charge in [0.05, 0.1) is 22.4 Å². The van der Waals surface area contributed by atoms with Gasteiger partial charge < -0.3 is 4.98 Å². The van der Waals surface area contributed by atoms with Crippen molar-refractivity contribution in [3.63, 3.8) is 0 Å². The first-order valence-electron chi connectivity index (χ1n) is 17.1. The molecule has 6 aromatic carbocycles. The van der Waals surface area contributed by atoms with Crippen molar-refractivity contribution >= 4 is 11.0 Å². The number of pyridine rings is 2. The maximum Gasteiger partial charge on any atom is 0.138 e. The van der Waals surface area contributed by atoms with Crippen LogP contribution in [0.15, 0.2) is 188 Å². The number of aromatic amines is 1. The Labute approximate surface area is 296 Å². The second-order valence-corrected chi connectivity index (χ2v) is 12.6. The monoisotopic (exact) mass is 652 g/mol. The number of nitrogens with zero attached hydrogens (tertiary/aromatic N) is 3. The van der Waals surface area contributed by atoms with Gasteiger partial charge in [-0.15, -0.1) is 0 Å². The Kier molecular flexibility index (Phi) is 7.80. The molecule has 0 atom stereocenters. The summed E-state index contributed by atoms with van der Waals surface area (Å²) >= 11 is 0. The lowest BCUT2D eigenvalue weighted by molar-refractivity contribution is 1.33. The van der Waals surface area contributed by atoms with Crippen LogP contribution in [-0.4, -0.2) is 19.9 Å². The van der Waals surface area contributed by atoms with Crippen molar-refractivity contribution in [1.82, 2.24) is 19.9 Å². The van der Waals surface area contributed by atoms with Crippen molar-refractivity contribution in [3.05, 3.63) is 188 Å². The van der Waals surface area contributed by atoms with Crippen LogP contribution in [0.5, 0.6) is 0 Å². The lowest BCUT2D eigenvalue weighted by Crippen LogP contribution is -1.92. The molecule has 3 heterocycles. The van der Waals surface area contributed by atoms with Crippen LogP contribution in [-0.2, 0) is 0 Å². The van der Waals surface area contributed by atoms with E-state index in [9.17, 15) is 0 Å². The Morgan fingerprint density at radius 1 is 0.333 bits per heavy atom. The van der Waals surface area contributed by atoms with Gasteiger partial charge >= 0.3 is 0 Å². The average molecular weight is 653 g/mol. The van der Waals surface area contributed by atoms with Gasteiger partial charge in [-0.3, -0.25) is 9.97 Å². The number of hydrogen-bond acceptors (Lipinski definition) is 3. The number of nitrogens with one attached hydrogen (secondary N) is 1. The fourth-order valence-electron chi connectivity index (χ4n) is 6.85. The summed E-state index contributed by atoms with van der Waals surface area (Å²) in [6, 6.07) is 61.7. The average Bonchev–Trinajstić information content (AvgIpc) is 3.66. The Morgan fingerprint density at radius 3 is 1.22 bits per heavy atom. The number of aromatic nitrogens is 4. The number of benzene rings is 6. The van der Waals surface area contributed by atoms with E-state index in [-0.39, 0.29) is 0 Å². The summed E-state index contributed by atoms with van der Waals surface area (Å²) in [6.07, 6.45) is 3.67. The third-order valence-corrected chi connectivity index (χ3v) is 9.39. The third-order valence-electron chi connectivity index (χ3n) is 9.39. The predicted molar refractivity (Wildman–Crippen MR) is 210 cm³/mol.